The third-order valence-corrected chi connectivity index (χ3v) is 2.88. The number of nitrogens with zero attached hydrogens (tertiary/aromatic N) is 2. The molecule has 3 nitrogen and oxygen atoms in total. The first-order valence-electron chi connectivity index (χ1n) is 6.98. The molecule has 0 aliphatic rings. The molecule has 18 heavy (non-hydrogen) atoms. The number of nitrogens with one attached hydrogen (secondary N) is 1. The molecule has 1 heterocycles. The molecule has 0 aromatic carbocycles. The highest BCUT2D eigenvalue weighted by Gasteiger charge is 2.24. The molecule has 0 aliphatic carbocycles. The van der Waals surface area contributed by atoms with E-state index in [1.165, 1.54) is 5.56 Å². The molecule has 3 heteroatoms. The first-order chi connectivity index (χ1) is 8.22. The van der Waals surface area contributed by atoms with Crippen molar-refractivity contribution in [1.29, 1.82) is 0 Å². The van der Waals surface area contributed by atoms with Crippen molar-refractivity contribution in [2.24, 2.45) is 5.41 Å². The number of hydrogen-bond donors (Lipinski definition) is 1. The summed E-state index contributed by atoms with van der Waals surface area (Å²) in [4.78, 5) is 0. The van der Waals surface area contributed by atoms with Crippen LogP contribution in [0.25, 0.3) is 0 Å². The topological polar surface area (TPSA) is 29.9 Å². The van der Waals surface area contributed by atoms with Crippen LogP contribution in [0.2, 0.25) is 0 Å². The van der Waals surface area contributed by atoms with E-state index in [2.05, 4.69) is 58.2 Å². The fourth-order valence-electron chi connectivity index (χ4n) is 2.58. The first kappa shape index (κ1) is 15.2. The van der Waals surface area contributed by atoms with Gasteiger partial charge < -0.3 is 5.32 Å². The molecule has 0 radical (unpaired) electrons. The van der Waals surface area contributed by atoms with Crippen molar-refractivity contribution < 1.29 is 0 Å². The quantitative estimate of drug-likeness (QED) is 0.837. The average Bonchev–Trinajstić information content (AvgIpc) is 2.60. The molecule has 1 N–H and O–H groups in total. The second-order valence-electron chi connectivity index (χ2n) is 7.09. The van der Waals surface area contributed by atoms with E-state index in [9.17, 15) is 0 Å². The van der Waals surface area contributed by atoms with E-state index in [4.69, 9.17) is 0 Å². The Morgan fingerprint density at radius 2 is 1.89 bits per heavy atom. The normalized spacial score (nSPS) is 13.0. The minimum Gasteiger partial charge on any atom is -0.308 e. The van der Waals surface area contributed by atoms with Gasteiger partial charge in [0.15, 0.2) is 0 Å². The third kappa shape index (κ3) is 5.67. The summed E-state index contributed by atoms with van der Waals surface area (Å²) in [6, 6.07) is 0. The van der Waals surface area contributed by atoms with Crippen molar-refractivity contribution >= 4 is 0 Å². The lowest BCUT2D eigenvalue weighted by atomic mass is 9.82. The van der Waals surface area contributed by atoms with E-state index in [-0.39, 0.29) is 5.54 Å². The summed E-state index contributed by atoms with van der Waals surface area (Å²) in [7, 11) is 0. The Kier molecular flexibility index (Phi) is 4.97. The number of rotatable bonds is 6. The van der Waals surface area contributed by atoms with Gasteiger partial charge in [0.2, 0.25) is 0 Å². The summed E-state index contributed by atoms with van der Waals surface area (Å²) in [6.45, 7) is 15.5. The van der Waals surface area contributed by atoms with Gasteiger partial charge in [-0.25, -0.2) is 0 Å². The maximum Gasteiger partial charge on any atom is 0.0534 e. The van der Waals surface area contributed by atoms with Gasteiger partial charge in [0.05, 0.1) is 6.20 Å². The van der Waals surface area contributed by atoms with Crippen LogP contribution in [0.15, 0.2) is 12.4 Å². The van der Waals surface area contributed by atoms with Crippen molar-refractivity contribution in [2.45, 2.75) is 73.0 Å². The Hall–Kier alpha value is -0.830. The lowest BCUT2D eigenvalue weighted by molar-refractivity contribution is 0.240. The summed E-state index contributed by atoms with van der Waals surface area (Å²) in [5.41, 5.74) is 1.78. The second kappa shape index (κ2) is 5.87. The summed E-state index contributed by atoms with van der Waals surface area (Å²) in [5.74, 6) is 0. The van der Waals surface area contributed by atoms with E-state index in [1.807, 2.05) is 10.9 Å². The summed E-state index contributed by atoms with van der Waals surface area (Å²) >= 11 is 0. The summed E-state index contributed by atoms with van der Waals surface area (Å²) in [5, 5.41) is 7.99. The van der Waals surface area contributed by atoms with Gasteiger partial charge in [-0.1, -0.05) is 27.7 Å². The van der Waals surface area contributed by atoms with Gasteiger partial charge in [-0.15, -0.1) is 0 Å². The van der Waals surface area contributed by atoms with Crippen LogP contribution >= 0.6 is 0 Å². The van der Waals surface area contributed by atoms with Crippen LogP contribution in [0.3, 0.4) is 0 Å². The van der Waals surface area contributed by atoms with Crippen molar-refractivity contribution in [3.8, 4) is 0 Å². The zero-order chi connectivity index (χ0) is 13.8. The van der Waals surface area contributed by atoms with Crippen LogP contribution in [0, 0.1) is 5.41 Å². The van der Waals surface area contributed by atoms with Crippen molar-refractivity contribution in [2.75, 3.05) is 0 Å². The fourth-order valence-corrected chi connectivity index (χ4v) is 2.58. The molecular formula is C15H29N3. The Balaban J connectivity index is 2.48. The molecule has 1 aromatic rings. The minimum absolute atomic E-state index is 0.158. The standard InChI is InChI=1S/C15H29N3/c1-7-8-18-11-13(10-17-18)9-16-15(5,6)12-14(2,3)4/h10-11,16H,7-9,12H2,1-6H3. The molecule has 0 fully saturated rings. The molecule has 0 aliphatic heterocycles. The summed E-state index contributed by atoms with van der Waals surface area (Å²) in [6.07, 6.45) is 6.40. The zero-order valence-corrected chi connectivity index (χ0v) is 12.9. The Morgan fingerprint density at radius 1 is 1.22 bits per heavy atom. The zero-order valence-electron chi connectivity index (χ0n) is 12.9. The van der Waals surface area contributed by atoms with Gasteiger partial charge in [-0.05, 0) is 32.1 Å². The number of aryl methyl sites for hydroxylation is 1. The highest BCUT2D eigenvalue weighted by atomic mass is 15.3. The molecule has 104 valence electrons. The molecular weight excluding hydrogens is 222 g/mol. The van der Waals surface area contributed by atoms with Crippen LogP contribution < -0.4 is 5.32 Å². The highest BCUT2D eigenvalue weighted by molar-refractivity contribution is 5.04. The van der Waals surface area contributed by atoms with E-state index < -0.39 is 0 Å². The fraction of sp³-hybridized carbons (Fsp3) is 0.800. The third-order valence-electron chi connectivity index (χ3n) is 2.88. The molecule has 0 amide bonds. The minimum atomic E-state index is 0.158. The maximum absolute atomic E-state index is 4.36. The van der Waals surface area contributed by atoms with E-state index in [0.29, 0.717) is 5.41 Å². The highest BCUT2D eigenvalue weighted by Crippen LogP contribution is 2.26. The van der Waals surface area contributed by atoms with Crippen molar-refractivity contribution in [1.82, 2.24) is 15.1 Å². The molecule has 1 rings (SSSR count). The molecule has 0 bridgehead atoms. The van der Waals surface area contributed by atoms with E-state index in [1.54, 1.807) is 0 Å². The Bertz CT molecular complexity index is 358. The predicted molar refractivity (Wildman–Crippen MR) is 77.5 cm³/mol. The van der Waals surface area contributed by atoms with Gasteiger partial charge in [0, 0.05) is 30.4 Å². The van der Waals surface area contributed by atoms with Crippen LogP contribution in [-0.2, 0) is 13.1 Å². The Morgan fingerprint density at radius 3 is 2.44 bits per heavy atom. The molecule has 0 atom stereocenters. The Labute approximate surface area is 112 Å². The van der Waals surface area contributed by atoms with E-state index in [0.717, 1.165) is 25.9 Å². The first-order valence-corrected chi connectivity index (χ1v) is 6.98. The molecule has 1 aromatic heterocycles. The summed E-state index contributed by atoms with van der Waals surface area (Å²) < 4.78 is 2.02. The SMILES string of the molecule is CCCn1cc(CNC(C)(C)CC(C)(C)C)cn1. The monoisotopic (exact) mass is 251 g/mol. The molecule has 0 spiro atoms. The van der Waals surface area contributed by atoms with Gasteiger partial charge in [-0.3, -0.25) is 4.68 Å². The van der Waals surface area contributed by atoms with Gasteiger partial charge >= 0.3 is 0 Å². The predicted octanol–water partition coefficient (Wildman–Crippen LogP) is 3.60. The van der Waals surface area contributed by atoms with Crippen LogP contribution in [0.5, 0.6) is 0 Å². The van der Waals surface area contributed by atoms with Gasteiger partial charge in [0.1, 0.15) is 0 Å². The van der Waals surface area contributed by atoms with E-state index >= 15 is 0 Å². The van der Waals surface area contributed by atoms with Crippen molar-refractivity contribution in [3.05, 3.63) is 18.0 Å². The van der Waals surface area contributed by atoms with Crippen LogP contribution in [0.4, 0.5) is 0 Å². The number of hydrogen-bond acceptors (Lipinski definition) is 2. The van der Waals surface area contributed by atoms with Crippen LogP contribution in [0.1, 0.15) is 59.9 Å². The lowest BCUT2D eigenvalue weighted by Crippen LogP contribution is -2.41. The van der Waals surface area contributed by atoms with Crippen molar-refractivity contribution in [3.63, 3.8) is 0 Å². The largest absolute Gasteiger partial charge is 0.308 e. The van der Waals surface area contributed by atoms with Crippen LogP contribution in [-0.4, -0.2) is 15.3 Å². The molecule has 0 saturated carbocycles. The number of aromatic nitrogens is 2. The average molecular weight is 251 g/mol. The lowest BCUT2D eigenvalue weighted by Gasteiger charge is -2.33. The van der Waals surface area contributed by atoms with Gasteiger partial charge in [-0.2, -0.15) is 5.10 Å². The maximum atomic E-state index is 4.36. The second-order valence-corrected chi connectivity index (χ2v) is 7.09. The van der Waals surface area contributed by atoms with Gasteiger partial charge in [0.25, 0.3) is 0 Å². The smallest absolute Gasteiger partial charge is 0.0534 e. The molecule has 0 saturated heterocycles. The molecule has 0 unspecified atom stereocenters.